The maximum absolute atomic E-state index is 11.5. The van der Waals surface area contributed by atoms with Gasteiger partial charge in [-0.15, -0.1) is 0 Å². The highest BCUT2D eigenvalue weighted by Crippen LogP contribution is 2.17. The molecule has 0 radical (unpaired) electrons. The lowest BCUT2D eigenvalue weighted by Gasteiger charge is -2.15. The van der Waals surface area contributed by atoms with Gasteiger partial charge in [0, 0.05) is 32.5 Å². The second-order valence-electron chi connectivity index (χ2n) is 3.84. The Balaban J connectivity index is 2.27. The third-order valence-corrected chi connectivity index (χ3v) is 2.59. The molecule has 0 spiro atoms. The van der Waals surface area contributed by atoms with Crippen LogP contribution in [0.2, 0.25) is 0 Å². The van der Waals surface area contributed by atoms with Crippen molar-refractivity contribution in [3.63, 3.8) is 0 Å². The van der Waals surface area contributed by atoms with Crippen LogP contribution in [0.3, 0.4) is 0 Å². The number of carbonyl (C=O) groups is 2. The lowest BCUT2D eigenvalue weighted by atomic mass is 10.1. The van der Waals surface area contributed by atoms with Gasteiger partial charge in [0.05, 0.1) is 13.0 Å². The zero-order chi connectivity index (χ0) is 11.3. The predicted octanol–water partition coefficient (Wildman–Crippen LogP) is 0.346. The molecule has 1 amide bonds. The predicted molar refractivity (Wildman–Crippen MR) is 53.4 cm³/mol. The number of carbonyl (C=O) groups excluding carboxylic acids is 1. The van der Waals surface area contributed by atoms with E-state index in [1.165, 1.54) is 0 Å². The summed E-state index contributed by atoms with van der Waals surface area (Å²) in [7, 11) is 1.65. The van der Waals surface area contributed by atoms with Crippen molar-refractivity contribution in [2.45, 2.75) is 19.3 Å². The maximum atomic E-state index is 11.5. The summed E-state index contributed by atoms with van der Waals surface area (Å²) in [5.41, 5.74) is 0. The van der Waals surface area contributed by atoms with Crippen LogP contribution in [0.4, 0.5) is 0 Å². The van der Waals surface area contributed by atoms with Crippen LogP contribution in [0.1, 0.15) is 19.3 Å². The van der Waals surface area contributed by atoms with Crippen molar-refractivity contribution >= 4 is 11.9 Å². The van der Waals surface area contributed by atoms with E-state index in [1.807, 2.05) is 0 Å². The van der Waals surface area contributed by atoms with Crippen LogP contribution in [-0.4, -0.2) is 48.7 Å². The number of rotatable bonds is 5. The van der Waals surface area contributed by atoms with Gasteiger partial charge in [0.1, 0.15) is 0 Å². The highest BCUT2D eigenvalue weighted by molar-refractivity contribution is 5.80. The maximum Gasteiger partial charge on any atom is 0.303 e. The normalized spacial score (nSPS) is 20.6. The first kappa shape index (κ1) is 12.0. The van der Waals surface area contributed by atoms with Crippen molar-refractivity contribution in [2.24, 2.45) is 5.92 Å². The Morgan fingerprint density at radius 3 is 2.80 bits per heavy atom. The number of hydrogen-bond donors (Lipinski definition) is 1. The molecule has 1 unspecified atom stereocenters. The zero-order valence-corrected chi connectivity index (χ0v) is 8.94. The zero-order valence-electron chi connectivity index (χ0n) is 8.94. The fourth-order valence-electron chi connectivity index (χ4n) is 1.80. The van der Waals surface area contributed by atoms with Gasteiger partial charge in [0.25, 0.3) is 0 Å². The molecule has 0 aromatic rings. The molecule has 86 valence electrons. The summed E-state index contributed by atoms with van der Waals surface area (Å²) < 4.78 is 5.02. The van der Waals surface area contributed by atoms with Crippen molar-refractivity contribution in [3.8, 4) is 0 Å². The number of carboxylic acids is 1. The van der Waals surface area contributed by atoms with Crippen LogP contribution in [0.25, 0.3) is 0 Å². The molecule has 1 heterocycles. The second kappa shape index (κ2) is 5.70. The highest BCUT2D eigenvalue weighted by Gasteiger charge is 2.25. The Morgan fingerprint density at radius 1 is 1.47 bits per heavy atom. The molecule has 1 atom stereocenters. The van der Waals surface area contributed by atoms with Gasteiger partial charge in [-0.05, 0) is 6.42 Å². The van der Waals surface area contributed by atoms with E-state index in [9.17, 15) is 9.59 Å². The number of carboxylic acid groups (broad SMARTS) is 1. The number of likely N-dealkylation sites (tertiary alicyclic amines) is 1. The SMILES string of the molecule is COCC1CCN(C(=O)CCC(=O)O)C1. The van der Waals surface area contributed by atoms with E-state index in [0.29, 0.717) is 19.1 Å². The number of methoxy groups -OCH3 is 1. The smallest absolute Gasteiger partial charge is 0.303 e. The standard InChI is InChI=1S/C10H17NO4/c1-15-7-8-4-5-11(6-8)9(12)2-3-10(13)14/h8H,2-7H2,1H3,(H,13,14). The van der Waals surface area contributed by atoms with Gasteiger partial charge >= 0.3 is 5.97 Å². The van der Waals surface area contributed by atoms with Crippen LogP contribution in [-0.2, 0) is 14.3 Å². The first-order valence-corrected chi connectivity index (χ1v) is 5.12. The van der Waals surface area contributed by atoms with Gasteiger partial charge in [0.15, 0.2) is 0 Å². The molecule has 5 nitrogen and oxygen atoms in total. The molecule has 1 aliphatic rings. The van der Waals surface area contributed by atoms with Crippen LogP contribution in [0.5, 0.6) is 0 Å². The first-order chi connectivity index (χ1) is 7.13. The average molecular weight is 215 g/mol. The van der Waals surface area contributed by atoms with Crippen molar-refractivity contribution in [2.75, 3.05) is 26.8 Å². The number of nitrogens with zero attached hydrogens (tertiary/aromatic N) is 1. The highest BCUT2D eigenvalue weighted by atomic mass is 16.5. The molecular weight excluding hydrogens is 198 g/mol. The third kappa shape index (κ3) is 3.87. The van der Waals surface area contributed by atoms with Gasteiger partial charge in [-0.2, -0.15) is 0 Å². The van der Waals surface area contributed by atoms with Gasteiger partial charge in [-0.25, -0.2) is 0 Å². The van der Waals surface area contributed by atoms with Crippen LogP contribution < -0.4 is 0 Å². The molecule has 1 fully saturated rings. The van der Waals surface area contributed by atoms with Crippen LogP contribution in [0.15, 0.2) is 0 Å². The van der Waals surface area contributed by atoms with Crippen molar-refractivity contribution in [1.29, 1.82) is 0 Å². The fourth-order valence-corrected chi connectivity index (χ4v) is 1.80. The van der Waals surface area contributed by atoms with Gasteiger partial charge in [0.2, 0.25) is 5.91 Å². The van der Waals surface area contributed by atoms with E-state index in [2.05, 4.69) is 0 Å². The number of ether oxygens (including phenoxy) is 1. The minimum Gasteiger partial charge on any atom is -0.481 e. The van der Waals surface area contributed by atoms with E-state index >= 15 is 0 Å². The Kier molecular flexibility index (Phi) is 4.55. The Labute approximate surface area is 89.0 Å². The van der Waals surface area contributed by atoms with E-state index in [4.69, 9.17) is 9.84 Å². The fraction of sp³-hybridized carbons (Fsp3) is 0.800. The summed E-state index contributed by atoms with van der Waals surface area (Å²) in [5, 5.41) is 8.45. The Hall–Kier alpha value is -1.10. The van der Waals surface area contributed by atoms with E-state index in [1.54, 1.807) is 12.0 Å². The summed E-state index contributed by atoms with van der Waals surface area (Å²) >= 11 is 0. The van der Waals surface area contributed by atoms with Gasteiger partial charge in [-0.1, -0.05) is 0 Å². The molecule has 15 heavy (non-hydrogen) atoms. The molecule has 1 saturated heterocycles. The molecule has 1 rings (SSSR count). The molecule has 0 aromatic heterocycles. The van der Waals surface area contributed by atoms with Crippen molar-refractivity contribution in [3.05, 3.63) is 0 Å². The summed E-state index contributed by atoms with van der Waals surface area (Å²) in [6, 6.07) is 0. The molecule has 0 aliphatic carbocycles. The van der Waals surface area contributed by atoms with Crippen LogP contribution in [0, 0.1) is 5.92 Å². The number of hydrogen-bond acceptors (Lipinski definition) is 3. The molecule has 1 aliphatic heterocycles. The van der Waals surface area contributed by atoms with Gasteiger partial charge < -0.3 is 14.7 Å². The van der Waals surface area contributed by atoms with Crippen molar-refractivity contribution in [1.82, 2.24) is 4.90 Å². The summed E-state index contributed by atoms with van der Waals surface area (Å²) in [6.07, 6.45) is 0.978. The molecule has 0 saturated carbocycles. The molecular formula is C10H17NO4. The van der Waals surface area contributed by atoms with Gasteiger partial charge in [-0.3, -0.25) is 9.59 Å². The Bertz CT molecular complexity index is 242. The summed E-state index contributed by atoms with van der Waals surface area (Å²) in [6.45, 7) is 2.10. The van der Waals surface area contributed by atoms with Crippen molar-refractivity contribution < 1.29 is 19.4 Å². The topological polar surface area (TPSA) is 66.8 Å². The lowest BCUT2D eigenvalue weighted by Crippen LogP contribution is -2.29. The largest absolute Gasteiger partial charge is 0.481 e. The third-order valence-electron chi connectivity index (χ3n) is 2.59. The number of aliphatic carboxylic acids is 1. The lowest BCUT2D eigenvalue weighted by molar-refractivity contribution is -0.140. The monoisotopic (exact) mass is 215 g/mol. The molecule has 0 aromatic carbocycles. The quantitative estimate of drug-likeness (QED) is 0.718. The Morgan fingerprint density at radius 2 is 2.20 bits per heavy atom. The first-order valence-electron chi connectivity index (χ1n) is 5.12. The number of amides is 1. The summed E-state index contributed by atoms with van der Waals surface area (Å²) in [4.78, 5) is 23.5. The van der Waals surface area contributed by atoms with E-state index in [0.717, 1.165) is 13.0 Å². The average Bonchev–Trinajstić information content (AvgIpc) is 2.63. The molecule has 1 N–H and O–H groups in total. The molecule has 5 heteroatoms. The minimum absolute atomic E-state index is 0.0593. The summed E-state index contributed by atoms with van der Waals surface area (Å²) in [5.74, 6) is -0.573. The van der Waals surface area contributed by atoms with Crippen LogP contribution >= 0.6 is 0 Å². The van der Waals surface area contributed by atoms with E-state index < -0.39 is 5.97 Å². The second-order valence-corrected chi connectivity index (χ2v) is 3.84. The minimum atomic E-state index is -0.920. The molecule has 0 bridgehead atoms. The van der Waals surface area contributed by atoms with E-state index in [-0.39, 0.29) is 18.7 Å².